The normalized spacial score (nSPS) is 10.6. The number of nitrogens with one attached hydrogen (secondary N) is 2. The van der Waals surface area contributed by atoms with Crippen LogP contribution in [0, 0.1) is 3.57 Å². The van der Waals surface area contributed by atoms with Crippen LogP contribution in [0.15, 0.2) is 23.1 Å². The number of aromatic nitrogens is 3. The quantitative estimate of drug-likeness (QED) is 0.838. The minimum absolute atomic E-state index is 0.146. The Bertz CT molecular complexity index is 533. The molecule has 16 heavy (non-hydrogen) atoms. The molecule has 0 fully saturated rings. The van der Waals surface area contributed by atoms with E-state index in [-0.39, 0.29) is 5.56 Å². The van der Waals surface area contributed by atoms with E-state index < -0.39 is 0 Å². The van der Waals surface area contributed by atoms with Gasteiger partial charge in [0.1, 0.15) is 3.57 Å². The van der Waals surface area contributed by atoms with Gasteiger partial charge < -0.3 is 14.7 Å². The highest BCUT2D eigenvalue weighted by atomic mass is 127. The third kappa shape index (κ3) is 2.17. The van der Waals surface area contributed by atoms with Gasteiger partial charge in [-0.25, -0.2) is 4.98 Å². The van der Waals surface area contributed by atoms with Crippen molar-refractivity contribution in [1.29, 1.82) is 0 Å². The third-order valence-electron chi connectivity index (χ3n) is 2.07. The lowest BCUT2D eigenvalue weighted by Gasteiger charge is -2.04. The Balaban J connectivity index is 2.53. The summed E-state index contributed by atoms with van der Waals surface area (Å²) in [5.74, 6) is 0.530. The molecule has 0 amide bonds. The van der Waals surface area contributed by atoms with Gasteiger partial charge in [-0.3, -0.25) is 4.79 Å². The van der Waals surface area contributed by atoms with E-state index in [1.165, 1.54) is 0 Å². The number of hydrogen-bond acceptors (Lipinski definition) is 3. The number of nitrogens with zero attached hydrogens (tertiary/aromatic N) is 1. The van der Waals surface area contributed by atoms with Crippen molar-refractivity contribution in [2.45, 2.75) is 6.61 Å². The average molecular weight is 331 g/mol. The molecule has 0 saturated carbocycles. The average Bonchev–Trinajstić information content (AvgIpc) is 2.78. The third-order valence-corrected chi connectivity index (χ3v) is 3.18. The van der Waals surface area contributed by atoms with Crippen LogP contribution in [-0.4, -0.2) is 22.1 Å². The van der Waals surface area contributed by atoms with Crippen molar-refractivity contribution in [2.24, 2.45) is 0 Å². The first kappa shape index (κ1) is 11.3. The predicted octanol–water partition coefficient (Wildman–Crippen LogP) is 1.52. The van der Waals surface area contributed by atoms with Gasteiger partial charge in [-0.15, -0.1) is 0 Å². The van der Waals surface area contributed by atoms with Gasteiger partial charge in [0.05, 0.1) is 18.0 Å². The van der Waals surface area contributed by atoms with Gasteiger partial charge in [0.25, 0.3) is 5.56 Å². The summed E-state index contributed by atoms with van der Waals surface area (Å²) >= 11 is 1.97. The van der Waals surface area contributed by atoms with E-state index in [0.29, 0.717) is 21.7 Å². The zero-order valence-electron chi connectivity index (χ0n) is 8.58. The fraction of sp³-hybridized carbons (Fsp3) is 0.200. The lowest BCUT2D eigenvalue weighted by Crippen LogP contribution is -2.16. The molecular formula is C10H10IN3O2. The maximum Gasteiger partial charge on any atom is 0.265 e. The Labute approximate surface area is 105 Å². The highest BCUT2D eigenvalue weighted by Crippen LogP contribution is 2.13. The maximum absolute atomic E-state index is 11.7. The first-order chi connectivity index (χ1) is 7.72. The van der Waals surface area contributed by atoms with Crippen LogP contribution in [0.5, 0.6) is 0 Å². The molecule has 0 aromatic carbocycles. The zero-order chi connectivity index (χ0) is 11.5. The first-order valence-electron chi connectivity index (χ1n) is 4.63. The smallest absolute Gasteiger partial charge is 0.265 e. The Morgan fingerprint density at radius 3 is 3.00 bits per heavy atom. The molecule has 2 rings (SSSR count). The fourth-order valence-electron chi connectivity index (χ4n) is 1.34. The second kappa shape index (κ2) is 4.79. The van der Waals surface area contributed by atoms with Gasteiger partial charge in [0.2, 0.25) is 0 Å². The van der Waals surface area contributed by atoms with E-state index in [1.807, 2.05) is 34.7 Å². The lowest BCUT2D eigenvalue weighted by atomic mass is 10.3. The standard InChI is InChI=1S/C10H10IN3O2/c1-16-5-7-8(11)10(15)14-9(13-7)6-3-2-4-12-6/h2-4,12H,5H2,1H3,(H,13,14,15). The summed E-state index contributed by atoms with van der Waals surface area (Å²) in [6, 6.07) is 3.70. The van der Waals surface area contributed by atoms with Crippen molar-refractivity contribution < 1.29 is 4.74 Å². The molecule has 2 aromatic rings. The van der Waals surface area contributed by atoms with Gasteiger partial charge >= 0.3 is 0 Å². The molecule has 0 saturated heterocycles. The molecule has 0 unspecified atom stereocenters. The molecule has 2 N–H and O–H groups in total. The van der Waals surface area contributed by atoms with Crippen LogP contribution in [0.1, 0.15) is 5.69 Å². The molecule has 0 aliphatic rings. The Hall–Kier alpha value is -1.15. The van der Waals surface area contributed by atoms with Crippen molar-refractivity contribution >= 4 is 22.6 Å². The van der Waals surface area contributed by atoms with E-state index in [4.69, 9.17) is 4.74 Å². The number of H-pyrrole nitrogens is 2. The van der Waals surface area contributed by atoms with Gasteiger partial charge in [-0.05, 0) is 34.7 Å². The van der Waals surface area contributed by atoms with Gasteiger partial charge in [-0.2, -0.15) is 0 Å². The molecule has 0 radical (unpaired) electrons. The summed E-state index contributed by atoms with van der Waals surface area (Å²) in [7, 11) is 1.58. The van der Waals surface area contributed by atoms with Crippen molar-refractivity contribution in [1.82, 2.24) is 15.0 Å². The molecule has 0 aliphatic carbocycles. The fourth-order valence-corrected chi connectivity index (χ4v) is 1.75. The summed E-state index contributed by atoms with van der Waals surface area (Å²) < 4.78 is 5.57. The van der Waals surface area contributed by atoms with Crippen LogP contribution >= 0.6 is 22.6 Å². The monoisotopic (exact) mass is 331 g/mol. The first-order valence-corrected chi connectivity index (χ1v) is 5.71. The summed E-state index contributed by atoms with van der Waals surface area (Å²) in [4.78, 5) is 21.7. The summed E-state index contributed by atoms with van der Waals surface area (Å²) in [6.07, 6.45) is 1.78. The summed E-state index contributed by atoms with van der Waals surface area (Å²) in [6.45, 7) is 0.329. The number of methoxy groups -OCH3 is 1. The molecule has 6 heteroatoms. The summed E-state index contributed by atoms with van der Waals surface area (Å²) in [5, 5.41) is 0. The Morgan fingerprint density at radius 2 is 2.38 bits per heavy atom. The SMILES string of the molecule is COCc1nc(-c2ccc[nH]2)[nH]c(=O)c1I. The molecular weight excluding hydrogens is 321 g/mol. The number of aromatic amines is 2. The van der Waals surface area contributed by atoms with Crippen molar-refractivity contribution in [2.75, 3.05) is 7.11 Å². The highest BCUT2D eigenvalue weighted by molar-refractivity contribution is 14.1. The van der Waals surface area contributed by atoms with Gasteiger partial charge in [0.15, 0.2) is 5.82 Å². The molecule has 0 spiro atoms. The number of rotatable bonds is 3. The Morgan fingerprint density at radius 1 is 1.56 bits per heavy atom. The van der Waals surface area contributed by atoms with Crippen LogP contribution in [0.3, 0.4) is 0 Å². The van der Waals surface area contributed by atoms with Crippen molar-refractivity contribution in [3.63, 3.8) is 0 Å². The maximum atomic E-state index is 11.7. The molecule has 2 heterocycles. The number of halogens is 1. The zero-order valence-corrected chi connectivity index (χ0v) is 10.7. The minimum Gasteiger partial charge on any atom is -0.378 e. The summed E-state index contributed by atoms with van der Waals surface area (Å²) in [5.41, 5.74) is 1.29. The molecule has 0 bridgehead atoms. The van der Waals surface area contributed by atoms with Gasteiger partial charge in [-0.1, -0.05) is 0 Å². The van der Waals surface area contributed by atoms with E-state index in [1.54, 1.807) is 13.3 Å². The van der Waals surface area contributed by atoms with E-state index in [2.05, 4.69) is 15.0 Å². The van der Waals surface area contributed by atoms with Crippen LogP contribution in [-0.2, 0) is 11.3 Å². The second-order valence-electron chi connectivity index (χ2n) is 3.19. The van der Waals surface area contributed by atoms with E-state index in [0.717, 1.165) is 5.69 Å². The van der Waals surface area contributed by atoms with E-state index in [9.17, 15) is 4.79 Å². The predicted molar refractivity (Wildman–Crippen MR) is 68.1 cm³/mol. The Kier molecular flexibility index (Phi) is 3.39. The molecule has 0 atom stereocenters. The number of hydrogen-bond donors (Lipinski definition) is 2. The minimum atomic E-state index is -0.146. The number of ether oxygens (including phenoxy) is 1. The van der Waals surface area contributed by atoms with E-state index >= 15 is 0 Å². The van der Waals surface area contributed by atoms with Gasteiger partial charge in [0, 0.05) is 13.3 Å². The molecule has 84 valence electrons. The second-order valence-corrected chi connectivity index (χ2v) is 4.27. The lowest BCUT2D eigenvalue weighted by molar-refractivity contribution is 0.180. The van der Waals surface area contributed by atoms with Crippen molar-refractivity contribution in [3.8, 4) is 11.5 Å². The largest absolute Gasteiger partial charge is 0.378 e. The van der Waals surface area contributed by atoms with Crippen LogP contribution in [0.2, 0.25) is 0 Å². The molecule has 5 nitrogen and oxygen atoms in total. The van der Waals surface area contributed by atoms with Crippen molar-refractivity contribution in [3.05, 3.63) is 37.9 Å². The van der Waals surface area contributed by atoms with Crippen LogP contribution in [0.4, 0.5) is 0 Å². The molecule has 2 aromatic heterocycles. The topological polar surface area (TPSA) is 70.8 Å². The molecule has 0 aliphatic heterocycles. The van der Waals surface area contributed by atoms with Crippen LogP contribution in [0.25, 0.3) is 11.5 Å². The van der Waals surface area contributed by atoms with Crippen LogP contribution < -0.4 is 5.56 Å². The highest BCUT2D eigenvalue weighted by Gasteiger charge is 2.10.